The van der Waals surface area contributed by atoms with Gasteiger partial charge in [0.25, 0.3) is 0 Å². The van der Waals surface area contributed by atoms with Crippen LogP contribution in [0.4, 0.5) is 19.1 Å². The van der Waals surface area contributed by atoms with Crippen molar-refractivity contribution in [3.63, 3.8) is 0 Å². The van der Waals surface area contributed by atoms with Gasteiger partial charge in [0.15, 0.2) is 5.69 Å². The summed E-state index contributed by atoms with van der Waals surface area (Å²) in [7, 11) is 1.42. The molecule has 21 heavy (non-hydrogen) atoms. The van der Waals surface area contributed by atoms with Gasteiger partial charge in [0.05, 0.1) is 5.02 Å². The Morgan fingerprint density at radius 2 is 1.90 bits per heavy atom. The Morgan fingerprint density at radius 1 is 1.19 bits per heavy atom. The molecule has 2 aromatic rings. The van der Waals surface area contributed by atoms with E-state index in [0.717, 1.165) is 11.6 Å². The average molecular weight is 318 g/mol. The maximum atomic E-state index is 12.8. The Balaban J connectivity index is 2.42. The molecule has 1 aromatic carbocycles. The molecule has 4 nitrogen and oxygen atoms in total. The molecular weight excluding hydrogens is 307 g/mol. The zero-order chi connectivity index (χ0) is 15.6. The molecule has 0 unspecified atom stereocenters. The quantitative estimate of drug-likeness (QED) is 0.917. The highest BCUT2D eigenvalue weighted by molar-refractivity contribution is 6.32. The van der Waals surface area contributed by atoms with Crippen LogP contribution in [0, 0.1) is 6.92 Å². The third kappa shape index (κ3) is 3.75. The monoisotopic (exact) mass is 317 g/mol. The Bertz CT molecular complexity index is 662. The fourth-order valence-corrected chi connectivity index (χ4v) is 1.69. The molecule has 112 valence electrons. The fraction of sp³-hybridized carbons (Fsp3) is 0.231. The van der Waals surface area contributed by atoms with Gasteiger partial charge in [-0.15, -0.1) is 0 Å². The van der Waals surface area contributed by atoms with Gasteiger partial charge in [-0.05, 0) is 24.6 Å². The molecule has 0 aliphatic heterocycles. The number of alkyl halides is 3. The molecule has 0 radical (unpaired) electrons. The average Bonchev–Trinajstić information content (AvgIpc) is 2.41. The first-order chi connectivity index (χ1) is 9.79. The summed E-state index contributed by atoms with van der Waals surface area (Å²) in [5.74, 6) is -0.205. The van der Waals surface area contributed by atoms with E-state index in [-0.39, 0.29) is 22.6 Å². The van der Waals surface area contributed by atoms with Crippen molar-refractivity contribution in [2.75, 3.05) is 12.4 Å². The zero-order valence-electron chi connectivity index (χ0n) is 11.1. The van der Waals surface area contributed by atoms with Crippen LogP contribution in [0.3, 0.4) is 0 Å². The van der Waals surface area contributed by atoms with Crippen LogP contribution in [0.25, 0.3) is 0 Å². The van der Waals surface area contributed by atoms with Gasteiger partial charge < -0.3 is 10.1 Å². The second-order valence-corrected chi connectivity index (χ2v) is 4.61. The van der Waals surface area contributed by atoms with Crippen molar-refractivity contribution in [3.8, 4) is 11.6 Å². The molecule has 0 amide bonds. The van der Waals surface area contributed by atoms with E-state index in [1.165, 1.54) is 7.05 Å². The van der Waals surface area contributed by atoms with Crippen molar-refractivity contribution >= 4 is 17.5 Å². The SMILES string of the molecule is CNc1nc(Oc2cc(C)ccc2Cl)cc(C(F)(F)F)n1. The molecule has 2 rings (SSSR count). The van der Waals surface area contributed by atoms with E-state index >= 15 is 0 Å². The van der Waals surface area contributed by atoms with Crippen LogP contribution >= 0.6 is 11.6 Å². The first-order valence-electron chi connectivity index (χ1n) is 5.87. The number of hydrogen-bond acceptors (Lipinski definition) is 4. The third-order valence-electron chi connectivity index (χ3n) is 2.52. The van der Waals surface area contributed by atoms with Crippen molar-refractivity contribution < 1.29 is 17.9 Å². The van der Waals surface area contributed by atoms with Gasteiger partial charge in [-0.3, -0.25) is 0 Å². The predicted octanol–water partition coefficient (Wildman–Crippen LogP) is 4.29. The number of halogens is 4. The summed E-state index contributed by atoms with van der Waals surface area (Å²) in [6, 6.07) is 5.68. The molecule has 1 heterocycles. The lowest BCUT2D eigenvalue weighted by Crippen LogP contribution is -2.11. The highest BCUT2D eigenvalue weighted by Crippen LogP contribution is 2.33. The van der Waals surface area contributed by atoms with Gasteiger partial charge in [0.2, 0.25) is 11.8 Å². The van der Waals surface area contributed by atoms with Gasteiger partial charge in [0.1, 0.15) is 5.75 Å². The molecule has 0 atom stereocenters. The summed E-state index contributed by atoms with van der Waals surface area (Å²) in [4.78, 5) is 7.17. The van der Waals surface area contributed by atoms with Gasteiger partial charge in [0, 0.05) is 13.1 Å². The third-order valence-corrected chi connectivity index (χ3v) is 2.83. The fourth-order valence-electron chi connectivity index (χ4n) is 1.54. The Morgan fingerprint density at radius 3 is 2.52 bits per heavy atom. The summed E-state index contributed by atoms with van der Waals surface area (Å²) in [6.45, 7) is 1.81. The zero-order valence-corrected chi connectivity index (χ0v) is 11.9. The number of aromatic nitrogens is 2. The number of nitrogens with one attached hydrogen (secondary N) is 1. The van der Waals surface area contributed by atoms with E-state index in [4.69, 9.17) is 16.3 Å². The van der Waals surface area contributed by atoms with Crippen LogP contribution in [-0.4, -0.2) is 17.0 Å². The molecule has 0 spiro atoms. The lowest BCUT2D eigenvalue weighted by atomic mass is 10.2. The summed E-state index contributed by atoms with van der Waals surface area (Å²) in [6.07, 6.45) is -4.59. The second-order valence-electron chi connectivity index (χ2n) is 4.20. The van der Waals surface area contributed by atoms with Crippen LogP contribution < -0.4 is 10.1 Å². The molecular formula is C13H11ClF3N3O. The van der Waals surface area contributed by atoms with Gasteiger partial charge >= 0.3 is 6.18 Å². The van der Waals surface area contributed by atoms with E-state index in [9.17, 15) is 13.2 Å². The number of rotatable bonds is 3. The van der Waals surface area contributed by atoms with Crippen molar-refractivity contribution in [2.24, 2.45) is 0 Å². The van der Waals surface area contributed by atoms with Gasteiger partial charge in [-0.2, -0.15) is 18.2 Å². The smallest absolute Gasteiger partial charge is 0.433 e. The molecule has 0 aliphatic carbocycles. The summed E-state index contributed by atoms with van der Waals surface area (Å²) in [5.41, 5.74) is -0.242. The number of nitrogens with zero attached hydrogens (tertiary/aromatic N) is 2. The Kier molecular flexibility index (Phi) is 4.22. The molecule has 8 heteroatoms. The van der Waals surface area contributed by atoms with E-state index in [2.05, 4.69) is 15.3 Å². The Hall–Kier alpha value is -2.02. The number of aryl methyl sites for hydroxylation is 1. The largest absolute Gasteiger partial charge is 0.437 e. The van der Waals surface area contributed by atoms with E-state index in [1.807, 2.05) is 6.92 Å². The lowest BCUT2D eigenvalue weighted by molar-refractivity contribution is -0.141. The molecule has 1 aromatic heterocycles. The minimum Gasteiger partial charge on any atom is -0.437 e. The molecule has 1 N–H and O–H groups in total. The summed E-state index contributed by atoms with van der Waals surface area (Å²) >= 11 is 5.94. The van der Waals surface area contributed by atoms with Crippen molar-refractivity contribution in [1.29, 1.82) is 0 Å². The molecule has 0 saturated heterocycles. The number of anilines is 1. The predicted molar refractivity (Wildman–Crippen MR) is 72.8 cm³/mol. The first-order valence-corrected chi connectivity index (χ1v) is 6.25. The van der Waals surface area contributed by atoms with Crippen LogP contribution in [-0.2, 0) is 6.18 Å². The standard InChI is InChI=1S/C13H11ClF3N3O/c1-7-3-4-8(14)9(5-7)21-11-6-10(13(15,16)17)19-12(18-2)20-11/h3-6H,1-2H3,(H,18,19,20). The van der Waals surface area contributed by atoms with Gasteiger partial charge in [-0.1, -0.05) is 17.7 Å². The number of benzene rings is 1. The maximum absolute atomic E-state index is 12.8. The molecule has 0 fully saturated rings. The molecule has 0 saturated carbocycles. The Labute approximate surface area is 123 Å². The highest BCUT2D eigenvalue weighted by atomic mass is 35.5. The first kappa shape index (κ1) is 15.4. The van der Waals surface area contributed by atoms with Crippen LogP contribution in [0.1, 0.15) is 11.3 Å². The topological polar surface area (TPSA) is 47.0 Å². The maximum Gasteiger partial charge on any atom is 0.433 e. The van der Waals surface area contributed by atoms with E-state index in [1.54, 1.807) is 18.2 Å². The van der Waals surface area contributed by atoms with Gasteiger partial charge in [-0.25, -0.2) is 4.98 Å². The van der Waals surface area contributed by atoms with Crippen molar-refractivity contribution in [2.45, 2.75) is 13.1 Å². The van der Waals surface area contributed by atoms with Crippen LogP contribution in [0.2, 0.25) is 5.02 Å². The summed E-state index contributed by atoms with van der Waals surface area (Å²) < 4.78 is 43.6. The number of hydrogen-bond donors (Lipinski definition) is 1. The molecule has 0 aliphatic rings. The summed E-state index contributed by atoms with van der Waals surface area (Å²) in [5, 5.41) is 2.73. The highest BCUT2D eigenvalue weighted by Gasteiger charge is 2.34. The normalized spacial score (nSPS) is 11.3. The van der Waals surface area contributed by atoms with Crippen molar-refractivity contribution in [3.05, 3.63) is 40.5 Å². The van der Waals surface area contributed by atoms with E-state index in [0.29, 0.717) is 0 Å². The van der Waals surface area contributed by atoms with Crippen LogP contribution in [0.15, 0.2) is 24.3 Å². The lowest BCUT2D eigenvalue weighted by Gasteiger charge is -2.12. The van der Waals surface area contributed by atoms with E-state index < -0.39 is 11.9 Å². The van der Waals surface area contributed by atoms with Crippen LogP contribution in [0.5, 0.6) is 11.6 Å². The van der Waals surface area contributed by atoms with Crippen molar-refractivity contribution in [1.82, 2.24) is 9.97 Å². The minimum absolute atomic E-state index is 0.191. The number of ether oxygens (including phenoxy) is 1. The second kappa shape index (κ2) is 5.77. The molecule has 0 bridgehead atoms. The minimum atomic E-state index is -4.59.